The molecule has 0 bridgehead atoms. The summed E-state index contributed by atoms with van der Waals surface area (Å²) in [5.74, 6) is 0.479. The standard InChI is InChI=1S/C35H27N/c1-23(2)30-18-13-25-15-20-32-33(21-16-26-14-19-31(30)34(25)35(26)32)36(28-10-4-3-5-11-28)29-17-12-24-8-6-7-9-27(24)22-29/h3-23H,1-2H3. The summed E-state index contributed by atoms with van der Waals surface area (Å²) in [6, 6.07) is 44.5. The summed E-state index contributed by atoms with van der Waals surface area (Å²) in [6.07, 6.45) is 0. The number of hydrogen-bond acceptors (Lipinski definition) is 1. The van der Waals surface area contributed by atoms with Gasteiger partial charge in [-0.3, -0.25) is 0 Å². The Hall–Kier alpha value is -4.36. The minimum Gasteiger partial charge on any atom is -0.310 e. The van der Waals surface area contributed by atoms with Crippen LogP contribution in [0, 0.1) is 0 Å². The van der Waals surface area contributed by atoms with Crippen molar-refractivity contribution in [1.29, 1.82) is 0 Å². The Morgan fingerprint density at radius 1 is 0.472 bits per heavy atom. The van der Waals surface area contributed by atoms with Gasteiger partial charge in [-0.2, -0.15) is 0 Å². The molecule has 0 spiro atoms. The second-order valence-corrected chi connectivity index (χ2v) is 10.0. The number of anilines is 3. The van der Waals surface area contributed by atoms with Gasteiger partial charge in [-0.1, -0.05) is 105 Å². The Labute approximate surface area is 211 Å². The molecule has 1 heteroatoms. The SMILES string of the molecule is CC(C)c1ccc2ccc3c(N(c4ccccc4)c4ccc5ccccc5c4)ccc4ccc1c2c43. The molecule has 0 atom stereocenters. The molecule has 0 radical (unpaired) electrons. The maximum absolute atomic E-state index is 2.40. The van der Waals surface area contributed by atoms with Crippen LogP contribution in [0.2, 0.25) is 0 Å². The number of hydrogen-bond donors (Lipinski definition) is 0. The van der Waals surface area contributed by atoms with Crippen LogP contribution in [0.3, 0.4) is 0 Å². The van der Waals surface area contributed by atoms with Crippen molar-refractivity contribution in [1.82, 2.24) is 0 Å². The summed E-state index contributed by atoms with van der Waals surface area (Å²) in [5.41, 5.74) is 4.94. The van der Waals surface area contributed by atoms with Gasteiger partial charge in [0.1, 0.15) is 0 Å². The molecule has 0 saturated heterocycles. The zero-order valence-corrected chi connectivity index (χ0v) is 20.6. The Kier molecular flexibility index (Phi) is 4.72. The third kappa shape index (κ3) is 3.17. The van der Waals surface area contributed by atoms with Gasteiger partial charge in [0.25, 0.3) is 0 Å². The van der Waals surface area contributed by atoms with Crippen LogP contribution < -0.4 is 4.90 Å². The lowest BCUT2D eigenvalue weighted by atomic mass is 9.88. The second-order valence-electron chi connectivity index (χ2n) is 10.0. The van der Waals surface area contributed by atoms with Crippen molar-refractivity contribution in [2.24, 2.45) is 0 Å². The zero-order valence-electron chi connectivity index (χ0n) is 20.6. The highest BCUT2D eigenvalue weighted by Crippen LogP contribution is 2.45. The Morgan fingerprint density at radius 3 is 1.86 bits per heavy atom. The largest absolute Gasteiger partial charge is 0.310 e. The molecule has 0 heterocycles. The molecule has 0 aliphatic carbocycles. The summed E-state index contributed by atoms with van der Waals surface area (Å²) >= 11 is 0. The van der Waals surface area contributed by atoms with Crippen LogP contribution in [0.1, 0.15) is 25.3 Å². The average molecular weight is 462 g/mol. The van der Waals surface area contributed by atoms with Crippen LogP contribution in [0.15, 0.2) is 121 Å². The molecule has 0 N–H and O–H groups in total. The summed E-state index contributed by atoms with van der Waals surface area (Å²) < 4.78 is 0. The predicted octanol–water partition coefficient (Wildman–Crippen LogP) is 10.3. The van der Waals surface area contributed by atoms with E-state index >= 15 is 0 Å². The van der Waals surface area contributed by atoms with Gasteiger partial charge in [-0.15, -0.1) is 0 Å². The smallest absolute Gasteiger partial charge is 0.0540 e. The second kappa shape index (κ2) is 8.10. The van der Waals surface area contributed by atoms with Crippen molar-refractivity contribution in [3.05, 3.63) is 127 Å². The molecule has 0 saturated carbocycles. The zero-order chi connectivity index (χ0) is 24.2. The first-order valence-electron chi connectivity index (χ1n) is 12.7. The maximum atomic E-state index is 2.40. The van der Waals surface area contributed by atoms with E-state index in [1.807, 2.05) is 0 Å². The molecule has 0 aromatic heterocycles. The van der Waals surface area contributed by atoms with Gasteiger partial charge in [0.05, 0.1) is 5.69 Å². The minimum atomic E-state index is 0.479. The maximum Gasteiger partial charge on any atom is 0.0540 e. The van der Waals surface area contributed by atoms with Crippen molar-refractivity contribution in [2.45, 2.75) is 19.8 Å². The fourth-order valence-corrected chi connectivity index (χ4v) is 5.83. The van der Waals surface area contributed by atoms with Crippen LogP contribution in [0.5, 0.6) is 0 Å². The van der Waals surface area contributed by atoms with Gasteiger partial charge >= 0.3 is 0 Å². The molecule has 36 heavy (non-hydrogen) atoms. The number of para-hydroxylation sites is 1. The van der Waals surface area contributed by atoms with Crippen LogP contribution in [0.4, 0.5) is 17.1 Å². The van der Waals surface area contributed by atoms with Crippen LogP contribution in [-0.4, -0.2) is 0 Å². The molecule has 0 amide bonds. The molecule has 1 nitrogen and oxygen atoms in total. The first-order valence-corrected chi connectivity index (χ1v) is 12.7. The van der Waals surface area contributed by atoms with Gasteiger partial charge < -0.3 is 4.90 Å². The topological polar surface area (TPSA) is 3.24 Å². The number of fused-ring (bicyclic) bond motifs is 1. The van der Waals surface area contributed by atoms with Gasteiger partial charge in [0, 0.05) is 16.8 Å². The molecule has 172 valence electrons. The van der Waals surface area contributed by atoms with E-state index in [0.717, 1.165) is 11.4 Å². The lowest BCUT2D eigenvalue weighted by Crippen LogP contribution is -2.10. The third-order valence-electron chi connectivity index (χ3n) is 7.54. The minimum absolute atomic E-state index is 0.479. The molecule has 7 aromatic rings. The van der Waals surface area contributed by atoms with E-state index in [-0.39, 0.29) is 0 Å². The summed E-state index contributed by atoms with van der Waals surface area (Å²) in [4.78, 5) is 2.40. The van der Waals surface area contributed by atoms with Crippen molar-refractivity contribution in [3.63, 3.8) is 0 Å². The van der Waals surface area contributed by atoms with E-state index in [9.17, 15) is 0 Å². The van der Waals surface area contributed by atoms with Crippen LogP contribution in [0.25, 0.3) is 43.1 Å². The molecule has 0 fully saturated rings. The highest BCUT2D eigenvalue weighted by Gasteiger charge is 2.19. The van der Waals surface area contributed by atoms with Crippen molar-refractivity contribution in [3.8, 4) is 0 Å². The lowest BCUT2D eigenvalue weighted by molar-refractivity contribution is 0.877. The first-order chi connectivity index (χ1) is 17.7. The fourth-order valence-electron chi connectivity index (χ4n) is 5.83. The van der Waals surface area contributed by atoms with Crippen LogP contribution in [-0.2, 0) is 0 Å². The molecule has 0 aliphatic heterocycles. The highest BCUT2D eigenvalue weighted by atomic mass is 15.1. The molecule has 0 unspecified atom stereocenters. The summed E-state index contributed by atoms with van der Waals surface area (Å²) in [5, 5.41) is 10.5. The quantitative estimate of drug-likeness (QED) is 0.236. The van der Waals surface area contributed by atoms with E-state index in [1.54, 1.807) is 0 Å². The molecular weight excluding hydrogens is 434 g/mol. The fraction of sp³-hybridized carbons (Fsp3) is 0.0857. The van der Waals surface area contributed by atoms with Gasteiger partial charge in [-0.05, 0) is 79.5 Å². The van der Waals surface area contributed by atoms with Gasteiger partial charge in [0.2, 0.25) is 0 Å². The predicted molar refractivity (Wildman–Crippen MR) is 156 cm³/mol. The van der Waals surface area contributed by atoms with E-state index in [4.69, 9.17) is 0 Å². The molecule has 7 rings (SSSR count). The van der Waals surface area contributed by atoms with Gasteiger partial charge in [-0.25, -0.2) is 0 Å². The highest BCUT2D eigenvalue weighted by molar-refractivity contribution is 6.26. The number of benzene rings is 7. The van der Waals surface area contributed by atoms with Crippen molar-refractivity contribution >= 4 is 60.2 Å². The first kappa shape index (κ1) is 21.0. The number of rotatable bonds is 4. The number of nitrogens with zero attached hydrogens (tertiary/aromatic N) is 1. The summed E-state index contributed by atoms with van der Waals surface area (Å²) in [7, 11) is 0. The van der Waals surface area contributed by atoms with E-state index in [2.05, 4.69) is 140 Å². The van der Waals surface area contributed by atoms with Crippen LogP contribution >= 0.6 is 0 Å². The van der Waals surface area contributed by atoms with Crippen molar-refractivity contribution in [2.75, 3.05) is 4.90 Å². The van der Waals surface area contributed by atoms with E-state index in [0.29, 0.717) is 5.92 Å². The van der Waals surface area contributed by atoms with E-state index < -0.39 is 0 Å². The molecule has 7 aromatic carbocycles. The summed E-state index contributed by atoms with van der Waals surface area (Å²) in [6.45, 7) is 4.57. The Balaban J connectivity index is 1.56. The van der Waals surface area contributed by atoms with Crippen molar-refractivity contribution < 1.29 is 0 Å². The lowest BCUT2D eigenvalue weighted by Gasteiger charge is -2.28. The Morgan fingerprint density at radius 2 is 1.08 bits per heavy atom. The van der Waals surface area contributed by atoms with Gasteiger partial charge in [0.15, 0.2) is 0 Å². The normalized spacial score (nSPS) is 11.9. The molecular formula is C35H27N. The third-order valence-corrected chi connectivity index (χ3v) is 7.54. The monoisotopic (exact) mass is 461 g/mol. The van der Waals surface area contributed by atoms with E-state index in [1.165, 1.54) is 54.3 Å². The molecule has 0 aliphatic rings. The average Bonchev–Trinajstić information content (AvgIpc) is 2.92. The Bertz CT molecular complexity index is 1860.